The van der Waals surface area contributed by atoms with E-state index < -0.39 is 0 Å². The molecule has 17 heavy (non-hydrogen) atoms. The second-order valence-electron chi connectivity index (χ2n) is 4.08. The number of rotatable bonds is 4. The van der Waals surface area contributed by atoms with Crippen molar-refractivity contribution in [3.8, 4) is 17.6 Å². The number of halogens is 1. The predicted molar refractivity (Wildman–Crippen MR) is 65.5 cm³/mol. The van der Waals surface area contributed by atoms with Crippen molar-refractivity contribution in [2.45, 2.75) is 25.9 Å². The molecule has 1 aliphatic rings. The smallest absolute Gasteiger partial charge is 0.123 e. The minimum Gasteiger partial charge on any atom is -0.488 e. The van der Waals surface area contributed by atoms with Crippen molar-refractivity contribution in [1.29, 1.82) is 0 Å². The fourth-order valence-corrected chi connectivity index (χ4v) is 1.94. The number of nitrogens with one attached hydrogen (secondary N) is 1. The van der Waals surface area contributed by atoms with Gasteiger partial charge < -0.3 is 10.1 Å². The minimum atomic E-state index is -0.195. The van der Waals surface area contributed by atoms with Gasteiger partial charge in [-0.1, -0.05) is 0 Å². The van der Waals surface area contributed by atoms with Gasteiger partial charge in [-0.3, -0.25) is 0 Å². The first-order valence-electron chi connectivity index (χ1n) is 5.85. The van der Waals surface area contributed by atoms with Crippen molar-refractivity contribution in [3.05, 3.63) is 29.6 Å². The molecule has 0 saturated carbocycles. The van der Waals surface area contributed by atoms with E-state index in [4.69, 9.17) is 4.74 Å². The minimum absolute atomic E-state index is 0.112. The standard InChI is InChI=1S/C14H16FNO/c1-2-3-4-7-16-10-13-9-11-8-12(15)5-6-14(11)17-13/h5-6,8,13,16H,4,7,9-10H2,1H3. The zero-order valence-electron chi connectivity index (χ0n) is 9.92. The molecule has 2 rings (SSSR count). The summed E-state index contributed by atoms with van der Waals surface area (Å²) < 4.78 is 18.7. The molecule has 0 bridgehead atoms. The van der Waals surface area contributed by atoms with Gasteiger partial charge in [0.15, 0.2) is 0 Å². The number of benzene rings is 1. The first-order valence-corrected chi connectivity index (χ1v) is 5.85. The van der Waals surface area contributed by atoms with Crippen molar-refractivity contribution >= 4 is 0 Å². The average Bonchev–Trinajstić information content (AvgIpc) is 2.70. The van der Waals surface area contributed by atoms with Crippen LogP contribution in [0.15, 0.2) is 18.2 Å². The summed E-state index contributed by atoms with van der Waals surface area (Å²) in [7, 11) is 0. The molecule has 0 aliphatic carbocycles. The summed E-state index contributed by atoms with van der Waals surface area (Å²) in [4.78, 5) is 0. The molecule has 0 amide bonds. The summed E-state index contributed by atoms with van der Waals surface area (Å²) in [6.07, 6.45) is 1.74. The lowest BCUT2D eigenvalue weighted by molar-refractivity contribution is 0.228. The zero-order chi connectivity index (χ0) is 12.1. The fourth-order valence-electron chi connectivity index (χ4n) is 1.94. The second-order valence-corrected chi connectivity index (χ2v) is 4.08. The molecule has 90 valence electrons. The quantitative estimate of drug-likeness (QED) is 0.635. The highest BCUT2D eigenvalue weighted by Gasteiger charge is 2.22. The van der Waals surface area contributed by atoms with E-state index in [2.05, 4.69) is 17.2 Å². The highest BCUT2D eigenvalue weighted by atomic mass is 19.1. The van der Waals surface area contributed by atoms with Gasteiger partial charge in [-0.15, -0.1) is 11.8 Å². The Morgan fingerprint density at radius 2 is 2.41 bits per heavy atom. The summed E-state index contributed by atoms with van der Waals surface area (Å²) in [5, 5.41) is 3.29. The summed E-state index contributed by atoms with van der Waals surface area (Å²) in [6, 6.07) is 4.69. The van der Waals surface area contributed by atoms with E-state index in [1.54, 1.807) is 12.1 Å². The van der Waals surface area contributed by atoms with Gasteiger partial charge in [0.05, 0.1) is 0 Å². The Bertz CT molecular complexity index is 447. The van der Waals surface area contributed by atoms with Gasteiger partial charge in [0.2, 0.25) is 0 Å². The molecule has 0 aromatic heterocycles. The molecule has 1 aliphatic heterocycles. The Morgan fingerprint density at radius 1 is 1.53 bits per heavy atom. The van der Waals surface area contributed by atoms with Crippen LogP contribution in [0.1, 0.15) is 18.9 Å². The van der Waals surface area contributed by atoms with Gasteiger partial charge >= 0.3 is 0 Å². The van der Waals surface area contributed by atoms with Gasteiger partial charge in [0.25, 0.3) is 0 Å². The molecule has 1 heterocycles. The third kappa shape index (κ3) is 3.21. The van der Waals surface area contributed by atoms with Crippen LogP contribution in [0.3, 0.4) is 0 Å². The van der Waals surface area contributed by atoms with Crippen LogP contribution in [0.25, 0.3) is 0 Å². The van der Waals surface area contributed by atoms with Crippen LogP contribution >= 0.6 is 0 Å². The maximum absolute atomic E-state index is 13.0. The SMILES string of the molecule is CC#CCCNCC1Cc2cc(F)ccc2O1. The van der Waals surface area contributed by atoms with Gasteiger partial charge in [0.1, 0.15) is 17.7 Å². The molecule has 1 aromatic carbocycles. The molecule has 1 aromatic rings. The number of hydrogen-bond donors (Lipinski definition) is 1. The van der Waals surface area contributed by atoms with Crippen molar-refractivity contribution in [3.63, 3.8) is 0 Å². The molecule has 1 atom stereocenters. The monoisotopic (exact) mass is 233 g/mol. The number of ether oxygens (including phenoxy) is 1. The highest BCUT2D eigenvalue weighted by Crippen LogP contribution is 2.28. The largest absolute Gasteiger partial charge is 0.488 e. The first kappa shape index (κ1) is 11.9. The Kier molecular flexibility index (Phi) is 4.00. The third-order valence-electron chi connectivity index (χ3n) is 2.74. The van der Waals surface area contributed by atoms with E-state index in [0.717, 1.165) is 37.2 Å². The van der Waals surface area contributed by atoms with E-state index in [-0.39, 0.29) is 11.9 Å². The Morgan fingerprint density at radius 3 is 3.24 bits per heavy atom. The van der Waals surface area contributed by atoms with E-state index in [9.17, 15) is 4.39 Å². The van der Waals surface area contributed by atoms with Gasteiger partial charge in [-0.25, -0.2) is 4.39 Å². The van der Waals surface area contributed by atoms with Gasteiger partial charge in [-0.2, -0.15) is 0 Å². The predicted octanol–water partition coefficient (Wildman–Crippen LogP) is 2.13. The lowest BCUT2D eigenvalue weighted by Crippen LogP contribution is -2.30. The maximum Gasteiger partial charge on any atom is 0.123 e. The van der Waals surface area contributed by atoms with Crippen LogP contribution in [0.5, 0.6) is 5.75 Å². The van der Waals surface area contributed by atoms with Crippen LogP contribution in [-0.4, -0.2) is 19.2 Å². The normalized spacial score (nSPS) is 16.9. The lowest BCUT2D eigenvalue weighted by Gasteiger charge is -2.10. The topological polar surface area (TPSA) is 21.3 Å². The maximum atomic E-state index is 13.0. The molecule has 2 nitrogen and oxygen atoms in total. The molecule has 0 fully saturated rings. The van der Waals surface area contributed by atoms with Crippen LogP contribution in [0, 0.1) is 17.7 Å². The molecule has 0 saturated heterocycles. The van der Waals surface area contributed by atoms with Gasteiger partial charge in [-0.05, 0) is 25.1 Å². The third-order valence-corrected chi connectivity index (χ3v) is 2.74. The van der Waals surface area contributed by atoms with Crippen LogP contribution in [0.4, 0.5) is 4.39 Å². The molecule has 1 unspecified atom stereocenters. The molecule has 0 spiro atoms. The molecular weight excluding hydrogens is 217 g/mol. The number of hydrogen-bond acceptors (Lipinski definition) is 2. The molecule has 0 radical (unpaired) electrons. The summed E-state index contributed by atoms with van der Waals surface area (Å²) in [5.41, 5.74) is 0.963. The summed E-state index contributed by atoms with van der Waals surface area (Å²) in [6.45, 7) is 3.48. The Balaban J connectivity index is 1.77. The number of fused-ring (bicyclic) bond motifs is 1. The molecule has 3 heteroatoms. The average molecular weight is 233 g/mol. The zero-order valence-corrected chi connectivity index (χ0v) is 9.92. The van der Waals surface area contributed by atoms with Crippen molar-refractivity contribution in [2.24, 2.45) is 0 Å². The Hall–Kier alpha value is -1.53. The van der Waals surface area contributed by atoms with E-state index in [1.165, 1.54) is 6.07 Å². The first-order chi connectivity index (χ1) is 8.29. The van der Waals surface area contributed by atoms with E-state index >= 15 is 0 Å². The van der Waals surface area contributed by atoms with Crippen molar-refractivity contribution in [1.82, 2.24) is 5.32 Å². The molecular formula is C14H16FNO. The lowest BCUT2D eigenvalue weighted by atomic mass is 10.1. The van der Waals surface area contributed by atoms with Crippen LogP contribution in [0.2, 0.25) is 0 Å². The summed E-state index contributed by atoms with van der Waals surface area (Å²) in [5.74, 6) is 6.47. The van der Waals surface area contributed by atoms with Crippen LogP contribution in [-0.2, 0) is 6.42 Å². The summed E-state index contributed by atoms with van der Waals surface area (Å²) >= 11 is 0. The van der Waals surface area contributed by atoms with E-state index in [0.29, 0.717) is 0 Å². The fraction of sp³-hybridized carbons (Fsp3) is 0.429. The second kappa shape index (κ2) is 5.70. The Labute approximate surface area is 101 Å². The molecule has 1 N–H and O–H groups in total. The highest BCUT2D eigenvalue weighted by molar-refractivity contribution is 5.37. The van der Waals surface area contributed by atoms with Gasteiger partial charge in [0, 0.05) is 31.5 Å². The van der Waals surface area contributed by atoms with Crippen molar-refractivity contribution in [2.75, 3.05) is 13.1 Å². The van der Waals surface area contributed by atoms with E-state index in [1.807, 2.05) is 6.92 Å². The van der Waals surface area contributed by atoms with Crippen molar-refractivity contribution < 1.29 is 9.13 Å². The van der Waals surface area contributed by atoms with Crippen LogP contribution < -0.4 is 10.1 Å².